The Morgan fingerprint density at radius 3 is 2.61 bits per heavy atom. The molecular formula is C15H21N3. The molecule has 0 radical (unpaired) electrons. The van der Waals surface area contributed by atoms with Gasteiger partial charge in [0.1, 0.15) is 5.82 Å². The van der Waals surface area contributed by atoms with E-state index in [2.05, 4.69) is 41.2 Å². The fraction of sp³-hybridized carbons (Fsp3) is 0.400. The summed E-state index contributed by atoms with van der Waals surface area (Å²) >= 11 is 0. The Morgan fingerprint density at radius 1 is 1.17 bits per heavy atom. The highest BCUT2D eigenvalue weighted by Crippen LogP contribution is 2.18. The Morgan fingerprint density at radius 2 is 1.94 bits per heavy atom. The summed E-state index contributed by atoms with van der Waals surface area (Å²) in [6.45, 7) is 2.91. The Hall–Kier alpha value is -1.61. The fourth-order valence-electron chi connectivity index (χ4n) is 2.05. The van der Waals surface area contributed by atoms with Crippen molar-refractivity contribution in [3.63, 3.8) is 0 Å². The van der Waals surface area contributed by atoms with Crippen LogP contribution in [0.3, 0.4) is 0 Å². The van der Waals surface area contributed by atoms with E-state index in [0.717, 1.165) is 30.8 Å². The minimum Gasteiger partial charge on any atom is -0.342 e. The second kappa shape index (κ2) is 6.36. The van der Waals surface area contributed by atoms with Gasteiger partial charge in [-0.05, 0) is 30.5 Å². The number of hydrogen-bond donors (Lipinski definition) is 2. The molecule has 0 aliphatic heterocycles. The summed E-state index contributed by atoms with van der Waals surface area (Å²) in [5, 5.41) is 0. The van der Waals surface area contributed by atoms with E-state index in [1.807, 2.05) is 6.20 Å². The summed E-state index contributed by atoms with van der Waals surface area (Å²) in [6, 6.07) is 8.70. The van der Waals surface area contributed by atoms with Gasteiger partial charge in [0.05, 0.1) is 11.9 Å². The van der Waals surface area contributed by atoms with Gasteiger partial charge in [-0.25, -0.2) is 4.98 Å². The first-order valence-electron chi connectivity index (χ1n) is 6.66. The number of aryl methyl sites for hydroxylation is 2. The molecule has 0 amide bonds. The number of benzene rings is 1. The second-order valence-corrected chi connectivity index (χ2v) is 4.58. The number of H-pyrrole nitrogens is 1. The predicted octanol–water partition coefficient (Wildman–Crippen LogP) is 2.92. The summed E-state index contributed by atoms with van der Waals surface area (Å²) in [5.74, 6) is 1.02. The zero-order valence-electron chi connectivity index (χ0n) is 10.9. The molecule has 96 valence electrons. The van der Waals surface area contributed by atoms with Crippen LogP contribution in [0.2, 0.25) is 0 Å². The van der Waals surface area contributed by atoms with E-state index in [9.17, 15) is 0 Å². The van der Waals surface area contributed by atoms with Crippen molar-refractivity contribution in [1.29, 1.82) is 0 Å². The largest absolute Gasteiger partial charge is 0.342 e. The molecule has 0 atom stereocenters. The molecule has 18 heavy (non-hydrogen) atoms. The van der Waals surface area contributed by atoms with Gasteiger partial charge in [-0.1, -0.05) is 37.6 Å². The normalized spacial score (nSPS) is 10.8. The lowest BCUT2D eigenvalue weighted by Gasteiger charge is -2.01. The highest BCUT2D eigenvalue weighted by molar-refractivity contribution is 5.58. The van der Waals surface area contributed by atoms with Gasteiger partial charge in [0.2, 0.25) is 0 Å². The van der Waals surface area contributed by atoms with Crippen LogP contribution in [0.15, 0.2) is 30.5 Å². The number of imidazole rings is 1. The average molecular weight is 243 g/mol. The summed E-state index contributed by atoms with van der Waals surface area (Å²) in [6.07, 6.45) is 6.13. The molecule has 0 fully saturated rings. The van der Waals surface area contributed by atoms with Gasteiger partial charge in [-0.15, -0.1) is 0 Å². The minimum absolute atomic E-state index is 0.710. The molecule has 0 spiro atoms. The van der Waals surface area contributed by atoms with Crippen LogP contribution in [0.1, 0.15) is 31.2 Å². The third-order valence-corrected chi connectivity index (χ3v) is 3.05. The maximum atomic E-state index is 5.50. The van der Waals surface area contributed by atoms with Crippen LogP contribution in [0.5, 0.6) is 0 Å². The van der Waals surface area contributed by atoms with E-state index < -0.39 is 0 Å². The van der Waals surface area contributed by atoms with Crippen molar-refractivity contribution in [1.82, 2.24) is 9.97 Å². The first-order chi connectivity index (χ1) is 8.83. The van der Waals surface area contributed by atoms with Crippen LogP contribution >= 0.6 is 0 Å². The van der Waals surface area contributed by atoms with E-state index >= 15 is 0 Å². The Kier molecular flexibility index (Phi) is 4.53. The van der Waals surface area contributed by atoms with Crippen molar-refractivity contribution >= 4 is 0 Å². The zero-order valence-corrected chi connectivity index (χ0v) is 10.9. The number of aromatic amines is 1. The van der Waals surface area contributed by atoms with Gasteiger partial charge in [0.15, 0.2) is 0 Å². The van der Waals surface area contributed by atoms with Crippen LogP contribution < -0.4 is 5.73 Å². The Bertz CT molecular complexity index is 471. The third kappa shape index (κ3) is 3.20. The molecule has 0 saturated carbocycles. The molecule has 2 aromatic rings. The maximum absolute atomic E-state index is 5.50. The Balaban J connectivity index is 2.08. The smallest absolute Gasteiger partial charge is 0.106 e. The standard InChI is InChI=1S/C15H21N3/c1-2-4-12-6-8-13(9-7-12)14-11-17-15(18-14)5-3-10-16/h6-9,11H,2-5,10,16H2,1H3,(H,17,18). The van der Waals surface area contributed by atoms with E-state index in [0.29, 0.717) is 6.54 Å². The highest BCUT2D eigenvalue weighted by Gasteiger charge is 2.03. The second-order valence-electron chi connectivity index (χ2n) is 4.58. The average Bonchev–Trinajstić information content (AvgIpc) is 2.86. The number of nitrogens with one attached hydrogen (secondary N) is 1. The third-order valence-electron chi connectivity index (χ3n) is 3.05. The molecule has 3 heteroatoms. The molecule has 1 aromatic carbocycles. The quantitative estimate of drug-likeness (QED) is 0.819. The SMILES string of the molecule is CCCc1ccc(-c2cnc(CCCN)[nH]2)cc1. The van der Waals surface area contributed by atoms with Gasteiger partial charge in [-0.3, -0.25) is 0 Å². The monoisotopic (exact) mass is 243 g/mol. The van der Waals surface area contributed by atoms with Crippen molar-refractivity contribution in [2.75, 3.05) is 6.54 Å². The maximum Gasteiger partial charge on any atom is 0.106 e. The van der Waals surface area contributed by atoms with Crippen molar-refractivity contribution in [3.8, 4) is 11.3 Å². The molecular weight excluding hydrogens is 222 g/mol. The van der Waals surface area contributed by atoms with Gasteiger partial charge in [0, 0.05) is 6.42 Å². The highest BCUT2D eigenvalue weighted by atomic mass is 14.9. The molecule has 0 aliphatic rings. The van der Waals surface area contributed by atoms with Crippen LogP contribution in [0.25, 0.3) is 11.3 Å². The summed E-state index contributed by atoms with van der Waals surface area (Å²) in [5.41, 5.74) is 9.17. The molecule has 0 aliphatic carbocycles. The van der Waals surface area contributed by atoms with Crippen molar-refractivity contribution in [3.05, 3.63) is 41.9 Å². The molecule has 1 aromatic heterocycles. The van der Waals surface area contributed by atoms with Gasteiger partial charge in [-0.2, -0.15) is 0 Å². The number of hydrogen-bond acceptors (Lipinski definition) is 2. The first kappa shape index (κ1) is 12.8. The molecule has 3 nitrogen and oxygen atoms in total. The van der Waals surface area contributed by atoms with Gasteiger partial charge >= 0.3 is 0 Å². The van der Waals surface area contributed by atoms with Crippen molar-refractivity contribution in [2.24, 2.45) is 5.73 Å². The minimum atomic E-state index is 0.710. The number of nitrogens with zero attached hydrogens (tertiary/aromatic N) is 1. The fourth-order valence-corrected chi connectivity index (χ4v) is 2.05. The molecule has 0 saturated heterocycles. The number of nitrogens with two attached hydrogens (primary N) is 1. The van der Waals surface area contributed by atoms with Crippen LogP contribution in [-0.2, 0) is 12.8 Å². The van der Waals surface area contributed by atoms with E-state index in [-0.39, 0.29) is 0 Å². The van der Waals surface area contributed by atoms with E-state index in [1.54, 1.807) is 0 Å². The lowest BCUT2D eigenvalue weighted by Crippen LogP contribution is -2.01. The molecule has 3 N–H and O–H groups in total. The van der Waals surface area contributed by atoms with E-state index in [1.165, 1.54) is 17.5 Å². The topological polar surface area (TPSA) is 54.7 Å². The zero-order chi connectivity index (χ0) is 12.8. The molecule has 2 rings (SSSR count). The number of aromatic nitrogens is 2. The van der Waals surface area contributed by atoms with Crippen molar-refractivity contribution in [2.45, 2.75) is 32.6 Å². The first-order valence-corrected chi connectivity index (χ1v) is 6.66. The molecule has 0 bridgehead atoms. The lowest BCUT2D eigenvalue weighted by atomic mass is 10.1. The van der Waals surface area contributed by atoms with E-state index in [4.69, 9.17) is 5.73 Å². The Labute approximate surface area is 108 Å². The number of rotatable bonds is 6. The van der Waals surface area contributed by atoms with Crippen LogP contribution in [0.4, 0.5) is 0 Å². The van der Waals surface area contributed by atoms with Gasteiger partial charge in [0.25, 0.3) is 0 Å². The van der Waals surface area contributed by atoms with Crippen LogP contribution in [-0.4, -0.2) is 16.5 Å². The van der Waals surface area contributed by atoms with Crippen LogP contribution in [0, 0.1) is 0 Å². The molecule has 0 unspecified atom stereocenters. The molecule has 1 heterocycles. The lowest BCUT2D eigenvalue weighted by molar-refractivity contribution is 0.794. The van der Waals surface area contributed by atoms with Gasteiger partial charge < -0.3 is 10.7 Å². The predicted molar refractivity (Wildman–Crippen MR) is 75.4 cm³/mol. The van der Waals surface area contributed by atoms with Crippen molar-refractivity contribution < 1.29 is 0 Å². The summed E-state index contributed by atoms with van der Waals surface area (Å²) in [4.78, 5) is 7.73. The summed E-state index contributed by atoms with van der Waals surface area (Å²) < 4.78 is 0. The summed E-state index contributed by atoms with van der Waals surface area (Å²) in [7, 11) is 0.